The number of hydrogen-bond acceptors (Lipinski definition) is 5. The van der Waals surface area contributed by atoms with Gasteiger partial charge in [0.15, 0.2) is 12.3 Å². The molecule has 2 aromatic rings. The number of hydrogen-bond donors (Lipinski definition) is 0. The number of piperidine rings is 1. The Morgan fingerprint density at radius 3 is 2.43 bits per heavy atom. The molecule has 0 saturated carbocycles. The van der Waals surface area contributed by atoms with Crippen molar-refractivity contribution < 1.29 is 14.3 Å². The Balaban J connectivity index is 1.79. The van der Waals surface area contributed by atoms with Gasteiger partial charge in [0.1, 0.15) is 0 Å². The van der Waals surface area contributed by atoms with Crippen molar-refractivity contribution in [3.63, 3.8) is 0 Å². The number of nitrogens with zero attached hydrogens (tertiary/aromatic N) is 3. The molecule has 0 bridgehead atoms. The normalized spacial score (nSPS) is 19.6. The molecule has 1 fully saturated rings. The number of benzene rings is 1. The van der Waals surface area contributed by atoms with Gasteiger partial charge < -0.3 is 9.64 Å². The van der Waals surface area contributed by atoms with E-state index in [2.05, 4.69) is 18.9 Å². The molecule has 28 heavy (non-hydrogen) atoms. The van der Waals surface area contributed by atoms with Gasteiger partial charge in [-0.2, -0.15) is 5.10 Å². The molecule has 2 atom stereocenters. The highest BCUT2D eigenvalue weighted by Gasteiger charge is 2.26. The molecule has 0 radical (unpaired) electrons. The van der Waals surface area contributed by atoms with E-state index in [0.29, 0.717) is 48.7 Å². The van der Waals surface area contributed by atoms with E-state index in [1.165, 1.54) is 4.68 Å². The highest BCUT2D eigenvalue weighted by Crippen LogP contribution is 2.21. The van der Waals surface area contributed by atoms with Crippen LogP contribution in [0.4, 0.5) is 0 Å². The van der Waals surface area contributed by atoms with E-state index in [-0.39, 0.29) is 23.8 Å². The number of likely N-dealkylation sites (tertiary alicyclic amines) is 1. The average Bonchev–Trinajstić information content (AvgIpc) is 2.67. The molecule has 0 unspecified atom stereocenters. The van der Waals surface area contributed by atoms with Crippen LogP contribution in [0.3, 0.4) is 0 Å². The van der Waals surface area contributed by atoms with Crippen molar-refractivity contribution in [1.29, 1.82) is 0 Å². The molecule has 1 aliphatic rings. The predicted octanol–water partition coefficient (Wildman–Crippen LogP) is 2.47. The molecule has 1 aliphatic heterocycles. The largest absolute Gasteiger partial charge is 0.451 e. The van der Waals surface area contributed by atoms with Crippen molar-refractivity contribution in [1.82, 2.24) is 14.7 Å². The third-order valence-electron chi connectivity index (χ3n) is 5.04. The summed E-state index contributed by atoms with van der Waals surface area (Å²) in [5.41, 5.74) is -0.168. The number of amides is 1. The molecule has 1 amide bonds. The lowest BCUT2D eigenvalue weighted by Gasteiger charge is -2.34. The van der Waals surface area contributed by atoms with Crippen LogP contribution in [-0.2, 0) is 16.1 Å². The summed E-state index contributed by atoms with van der Waals surface area (Å²) >= 11 is 0. The van der Waals surface area contributed by atoms with Gasteiger partial charge in [0, 0.05) is 25.0 Å². The number of aromatic nitrogens is 2. The Hall–Kier alpha value is -2.70. The van der Waals surface area contributed by atoms with Crippen LogP contribution < -0.4 is 5.56 Å². The van der Waals surface area contributed by atoms with Gasteiger partial charge in [0.25, 0.3) is 11.5 Å². The van der Waals surface area contributed by atoms with Crippen LogP contribution in [0.15, 0.2) is 29.1 Å². The van der Waals surface area contributed by atoms with Gasteiger partial charge in [-0.15, -0.1) is 0 Å². The van der Waals surface area contributed by atoms with Gasteiger partial charge in [-0.05, 0) is 30.7 Å². The second kappa shape index (κ2) is 8.54. The van der Waals surface area contributed by atoms with Crippen molar-refractivity contribution in [3.8, 4) is 0 Å². The first-order valence-electron chi connectivity index (χ1n) is 9.85. The third-order valence-corrected chi connectivity index (χ3v) is 5.04. The molecule has 7 nitrogen and oxygen atoms in total. The first-order chi connectivity index (χ1) is 13.4. The number of rotatable bonds is 5. The van der Waals surface area contributed by atoms with E-state index >= 15 is 0 Å². The van der Waals surface area contributed by atoms with Crippen LogP contribution in [0.2, 0.25) is 0 Å². The predicted molar refractivity (Wildman–Crippen MR) is 106 cm³/mol. The molecule has 0 spiro atoms. The molecule has 150 valence electrons. The topological polar surface area (TPSA) is 81.5 Å². The zero-order chi connectivity index (χ0) is 20.3. The highest BCUT2D eigenvalue weighted by atomic mass is 16.5. The van der Waals surface area contributed by atoms with Crippen LogP contribution in [0, 0.1) is 11.8 Å². The molecule has 0 N–H and O–H groups in total. The minimum absolute atomic E-state index is 0.0665. The van der Waals surface area contributed by atoms with Crippen molar-refractivity contribution in [2.45, 2.75) is 40.2 Å². The molecule has 2 heterocycles. The molecular weight excluding hydrogens is 358 g/mol. The Morgan fingerprint density at radius 1 is 1.14 bits per heavy atom. The monoisotopic (exact) mass is 385 g/mol. The third kappa shape index (κ3) is 4.24. The fraction of sp³-hybridized carbons (Fsp3) is 0.524. The second-order valence-electron chi connectivity index (χ2n) is 7.74. The maximum absolute atomic E-state index is 12.7. The first kappa shape index (κ1) is 20.0. The maximum Gasteiger partial charge on any atom is 0.359 e. The zero-order valence-electron chi connectivity index (χ0n) is 16.7. The number of carbonyl (C=O) groups excluding carboxylic acids is 2. The van der Waals surface area contributed by atoms with Crippen LogP contribution in [0.25, 0.3) is 10.8 Å². The Labute approximate surface area is 164 Å². The lowest BCUT2D eigenvalue weighted by atomic mass is 9.92. The molecule has 7 heteroatoms. The Morgan fingerprint density at radius 2 is 1.79 bits per heavy atom. The lowest BCUT2D eigenvalue weighted by Crippen LogP contribution is -2.44. The fourth-order valence-electron chi connectivity index (χ4n) is 3.90. The number of esters is 1. The SMILES string of the molecule is CCCn1nc(C(=O)OCC(=O)N2C[C@@H](C)C[C@H](C)C2)c2ccccc2c1=O. The van der Waals surface area contributed by atoms with E-state index in [1.807, 2.05) is 6.92 Å². The van der Waals surface area contributed by atoms with Gasteiger partial charge in [-0.25, -0.2) is 9.48 Å². The number of fused-ring (bicyclic) bond motifs is 1. The summed E-state index contributed by atoms with van der Waals surface area (Å²) in [6.45, 7) is 7.63. The van der Waals surface area contributed by atoms with E-state index in [0.717, 1.165) is 6.42 Å². The van der Waals surface area contributed by atoms with E-state index in [9.17, 15) is 14.4 Å². The van der Waals surface area contributed by atoms with Crippen LogP contribution >= 0.6 is 0 Å². The van der Waals surface area contributed by atoms with Crippen molar-refractivity contribution >= 4 is 22.6 Å². The Bertz CT molecular complexity index is 927. The van der Waals surface area contributed by atoms with Crippen LogP contribution in [0.1, 0.15) is 44.1 Å². The van der Waals surface area contributed by atoms with Crippen molar-refractivity contribution in [2.24, 2.45) is 11.8 Å². The van der Waals surface area contributed by atoms with Gasteiger partial charge in [-0.3, -0.25) is 9.59 Å². The smallest absolute Gasteiger partial charge is 0.359 e. The zero-order valence-corrected chi connectivity index (χ0v) is 16.7. The summed E-state index contributed by atoms with van der Waals surface area (Å²) < 4.78 is 6.57. The number of aryl methyl sites for hydroxylation is 1. The summed E-state index contributed by atoms with van der Waals surface area (Å²) in [6.07, 6.45) is 1.81. The second-order valence-corrected chi connectivity index (χ2v) is 7.74. The standard InChI is InChI=1S/C21H27N3O4/c1-4-9-24-20(26)17-8-6-5-7-16(17)19(22-24)21(27)28-13-18(25)23-11-14(2)10-15(3)12-23/h5-8,14-15H,4,9-13H2,1-3H3/t14-,15-/m0/s1. The molecular formula is C21H27N3O4. The molecule has 0 aliphatic carbocycles. The van der Waals surface area contributed by atoms with Gasteiger partial charge in [0.05, 0.1) is 5.39 Å². The van der Waals surface area contributed by atoms with Crippen molar-refractivity contribution in [2.75, 3.05) is 19.7 Å². The molecule has 1 aromatic carbocycles. The minimum atomic E-state index is -0.687. The van der Waals surface area contributed by atoms with Crippen LogP contribution in [-0.4, -0.2) is 46.3 Å². The van der Waals surface area contributed by atoms with Gasteiger partial charge >= 0.3 is 5.97 Å². The molecule has 1 aromatic heterocycles. The summed E-state index contributed by atoms with van der Waals surface area (Å²) in [7, 11) is 0. The average molecular weight is 385 g/mol. The fourth-order valence-corrected chi connectivity index (χ4v) is 3.90. The summed E-state index contributed by atoms with van der Waals surface area (Å²) in [4.78, 5) is 39.4. The number of carbonyl (C=O) groups is 2. The van der Waals surface area contributed by atoms with E-state index in [1.54, 1.807) is 29.2 Å². The van der Waals surface area contributed by atoms with Gasteiger partial charge in [0.2, 0.25) is 0 Å². The summed E-state index contributed by atoms with van der Waals surface area (Å²) in [6, 6.07) is 6.83. The molecule has 3 rings (SSSR count). The number of ether oxygens (including phenoxy) is 1. The quantitative estimate of drug-likeness (QED) is 0.739. The Kier molecular flexibility index (Phi) is 6.11. The van der Waals surface area contributed by atoms with Gasteiger partial charge in [-0.1, -0.05) is 39.0 Å². The minimum Gasteiger partial charge on any atom is -0.451 e. The van der Waals surface area contributed by atoms with Crippen molar-refractivity contribution in [3.05, 3.63) is 40.3 Å². The highest BCUT2D eigenvalue weighted by molar-refractivity contribution is 6.02. The van der Waals surface area contributed by atoms with E-state index in [4.69, 9.17) is 4.74 Å². The summed E-state index contributed by atoms with van der Waals surface area (Å²) in [5, 5.41) is 5.07. The maximum atomic E-state index is 12.7. The lowest BCUT2D eigenvalue weighted by molar-refractivity contribution is -0.137. The molecule has 1 saturated heterocycles. The first-order valence-corrected chi connectivity index (χ1v) is 9.85. The van der Waals surface area contributed by atoms with Crippen LogP contribution in [0.5, 0.6) is 0 Å². The van der Waals surface area contributed by atoms with E-state index < -0.39 is 5.97 Å². The summed E-state index contributed by atoms with van der Waals surface area (Å²) in [5.74, 6) is -0.0105.